The molecule has 1 fully saturated rings. The number of phenolic OH excluding ortho intramolecular Hbond substituents is 1. The summed E-state index contributed by atoms with van der Waals surface area (Å²) in [6.45, 7) is 8.08. The predicted molar refractivity (Wildman–Crippen MR) is 77.8 cm³/mol. The smallest absolute Gasteiger partial charge is 0.309 e. The molecule has 110 valence electrons. The summed E-state index contributed by atoms with van der Waals surface area (Å²) in [6.07, 6.45) is 1.39. The molecule has 1 aliphatic rings. The maximum Gasteiger partial charge on any atom is 0.309 e. The Morgan fingerprint density at radius 1 is 1.25 bits per heavy atom. The van der Waals surface area contributed by atoms with Gasteiger partial charge in [0.2, 0.25) is 0 Å². The second kappa shape index (κ2) is 5.44. The number of carboxylic acids is 1. The first-order valence-electron chi connectivity index (χ1n) is 7.07. The highest BCUT2D eigenvalue weighted by Gasteiger charge is 2.36. The van der Waals surface area contributed by atoms with Gasteiger partial charge < -0.3 is 10.2 Å². The lowest BCUT2D eigenvalue weighted by Crippen LogP contribution is -2.42. The zero-order valence-corrected chi connectivity index (χ0v) is 12.4. The second-order valence-corrected chi connectivity index (χ2v) is 6.22. The van der Waals surface area contributed by atoms with E-state index in [1.807, 2.05) is 32.9 Å². The molecule has 0 atom stereocenters. The molecule has 4 nitrogen and oxygen atoms in total. The van der Waals surface area contributed by atoms with Crippen molar-refractivity contribution in [3.8, 4) is 5.75 Å². The van der Waals surface area contributed by atoms with Crippen molar-refractivity contribution in [2.24, 2.45) is 5.41 Å². The molecule has 1 aliphatic heterocycles. The van der Waals surface area contributed by atoms with Crippen LogP contribution in [0.15, 0.2) is 12.1 Å². The highest BCUT2D eigenvalue weighted by Crippen LogP contribution is 2.32. The highest BCUT2D eigenvalue weighted by molar-refractivity contribution is 5.74. The van der Waals surface area contributed by atoms with Gasteiger partial charge in [0.25, 0.3) is 0 Å². The molecule has 1 saturated heterocycles. The third-order valence-corrected chi connectivity index (χ3v) is 4.43. The summed E-state index contributed by atoms with van der Waals surface area (Å²) in [6, 6.07) is 4.01. The summed E-state index contributed by atoms with van der Waals surface area (Å²) in [5, 5.41) is 19.0. The molecule has 0 radical (unpaired) electrons. The van der Waals surface area contributed by atoms with Crippen molar-refractivity contribution in [1.29, 1.82) is 0 Å². The van der Waals surface area contributed by atoms with Crippen LogP contribution in [0.4, 0.5) is 0 Å². The van der Waals surface area contributed by atoms with Crippen LogP contribution in [-0.4, -0.2) is 34.2 Å². The van der Waals surface area contributed by atoms with E-state index in [0.717, 1.165) is 30.8 Å². The molecule has 20 heavy (non-hydrogen) atoms. The third-order valence-electron chi connectivity index (χ3n) is 4.43. The average Bonchev–Trinajstić information content (AvgIpc) is 2.38. The maximum absolute atomic E-state index is 11.2. The minimum atomic E-state index is -0.687. The molecule has 1 aromatic rings. The Morgan fingerprint density at radius 2 is 1.75 bits per heavy atom. The summed E-state index contributed by atoms with van der Waals surface area (Å²) in [7, 11) is 0. The largest absolute Gasteiger partial charge is 0.507 e. The molecule has 0 spiro atoms. The lowest BCUT2D eigenvalue weighted by atomic mass is 9.80. The van der Waals surface area contributed by atoms with Crippen molar-refractivity contribution >= 4 is 5.97 Å². The Hall–Kier alpha value is -1.55. The lowest BCUT2D eigenvalue weighted by Gasteiger charge is -2.36. The van der Waals surface area contributed by atoms with Gasteiger partial charge in [0, 0.05) is 6.54 Å². The van der Waals surface area contributed by atoms with Crippen molar-refractivity contribution < 1.29 is 15.0 Å². The van der Waals surface area contributed by atoms with Crippen LogP contribution in [0, 0.1) is 19.3 Å². The zero-order chi connectivity index (χ0) is 14.9. The van der Waals surface area contributed by atoms with Crippen molar-refractivity contribution in [2.45, 2.75) is 40.2 Å². The normalized spacial score (nSPS) is 18.9. The average molecular weight is 277 g/mol. The van der Waals surface area contributed by atoms with Crippen LogP contribution in [0.2, 0.25) is 0 Å². The maximum atomic E-state index is 11.2. The van der Waals surface area contributed by atoms with Crippen LogP contribution < -0.4 is 0 Å². The molecule has 1 aromatic carbocycles. The minimum absolute atomic E-state index is 0.367. The number of likely N-dealkylation sites (tertiary alicyclic amines) is 1. The van der Waals surface area contributed by atoms with E-state index in [1.165, 1.54) is 5.56 Å². The Morgan fingerprint density at radius 3 is 2.20 bits per heavy atom. The molecule has 0 amide bonds. The summed E-state index contributed by atoms with van der Waals surface area (Å²) in [4.78, 5) is 13.5. The Labute approximate surface area is 120 Å². The van der Waals surface area contributed by atoms with E-state index in [1.54, 1.807) is 0 Å². The number of piperidine rings is 1. The SMILES string of the molecule is Cc1cc(CN2CCC(C)(C(=O)O)CC2)cc(C)c1O. The number of phenols is 1. The van der Waals surface area contributed by atoms with Gasteiger partial charge in [-0.15, -0.1) is 0 Å². The molecular weight excluding hydrogens is 254 g/mol. The van der Waals surface area contributed by atoms with E-state index in [-0.39, 0.29) is 0 Å². The first kappa shape index (κ1) is 14.9. The van der Waals surface area contributed by atoms with Gasteiger partial charge in [-0.1, -0.05) is 12.1 Å². The topological polar surface area (TPSA) is 60.8 Å². The number of nitrogens with zero attached hydrogens (tertiary/aromatic N) is 1. The van der Waals surface area contributed by atoms with Gasteiger partial charge in [0.1, 0.15) is 5.75 Å². The number of hydrogen-bond donors (Lipinski definition) is 2. The van der Waals surface area contributed by atoms with E-state index in [0.29, 0.717) is 18.6 Å². The number of hydrogen-bond acceptors (Lipinski definition) is 3. The Kier molecular flexibility index (Phi) is 4.04. The van der Waals surface area contributed by atoms with Crippen LogP contribution in [0.1, 0.15) is 36.5 Å². The Balaban J connectivity index is 2.01. The molecule has 2 N–H and O–H groups in total. The van der Waals surface area contributed by atoms with Gasteiger partial charge in [0.05, 0.1) is 5.41 Å². The van der Waals surface area contributed by atoms with Gasteiger partial charge >= 0.3 is 5.97 Å². The molecule has 0 aliphatic carbocycles. The molecule has 0 aromatic heterocycles. The quantitative estimate of drug-likeness (QED) is 0.891. The number of aryl methyl sites for hydroxylation is 2. The fourth-order valence-corrected chi connectivity index (χ4v) is 2.81. The summed E-state index contributed by atoms with van der Waals surface area (Å²) >= 11 is 0. The summed E-state index contributed by atoms with van der Waals surface area (Å²) in [5.74, 6) is -0.320. The molecule has 0 bridgehead atoms. The molecule has 0 saturated carbocycles. The molecule has 1 heterocycles. The number of carboxylic acid groups (broad SMARTS) is 1. The van der Waals surface area contributed by atoms with Crippen molar-refractivity contribution in [3.63, 3.8) is 0 Å². The molecule has 0 unspecified atom stereocenters. The lowest BCUT2D eigenvalue weighted by molar-refractivity contribution is -0.150. The van der Waals surface area contributed by atoms with E-state index >= 15 is 0 Å². The highest BCUT2D eigenvalue weighted by atomic mass is 16.4. The van der Waals surface area contributed by atoms with Gasteiger partial charge in [-0.2, -0.15) is 0 Å². The number of rotatable bonds is 3. The fraction of sp³-hybridized carbons (Fsp3) is 0.562. The number of aliphatic carboxylic acids is 1. The standard InChI is InChI=1S/C16H23NO3/c1-11-8-13(9-12(2)14(11)18)10-17-6-4-16(3,5-7-17)15(19)20/h8-9,18H,4-7,10H2,1-3H3,(H,19,20). The number of benzene rings is 1. The van der Waals surface area contributed by atoms with Gasteiger partial charge in [0.15, 0.2) is 0 Å². The zero-order valence-electron chi connectivity index (χ0n) is 12.4. The van der Waals surface area contributed by atoms with Crippen LogP contribution in [0.3, 0.4) is 0 Å². The van der Waals surface area contributed by atoms with E-state index < -0.39 is 11.4 Å². The van der Waals surface area contributed by atoms with Gasteiger partial charge in [-0.05, 0) is 63.4 Å². The summed E-state index contributed by atoms with van der Waals surface area (Å²) in [5.41, 5.74) is 2.40. The molecule has 2 rings (SSSR count). The van der Waals surface area contributed by atoms with Crippen LogP contribution in [0.25, 0.3) is 0 Å². The summed E-state index contributed by atoms with van der Waals surface area (Å²) < 4.78 is 0. The van der Waals surface area contributed by atoms with E-state index in [9.17, 15) is 15.0 Å². The fourth-order valence-electron chi connectivity index (χ4n) is 2.81. The molecule has 4 heteroatoms. The van der Waals surface area contributed by atoms with Crippen LogP contribution in [-0.2, 0) is 11.3 Å². The van der Waals surface area contributed by atoms with E-state index in [4.69, 9.17) is 0 Å². The first-order chi connectivity index (χ1) is 9.32. The van der Waals surface area contributed by atoms with E-state index in [2.05, 4.69) is 4.90 Å². The van der Waals surface area contributed by atoms with Crippen LogP contribution in [0.5, 0.6) is 5.75 Å². The number of aromatic hydroxyl groups is 1. The van der Waals surface area contributed by atoms with Gasteiger partial charge in [-0.3, -0.25) is 9.69 Å². The third kappa shape index (κ3) is 2.96. The molecular formula is C16H23NO3. The monoisotopic (exact) mass is 277 g/mol. The van der Waals surface area contributed by atoms with Crippen LogP contribution >= 0.6 is 0 Å². The van der Waals surface area contributed by atoms with Crippen molar-refractivity contribution in [1.82, 2.24) is 4.90 Å². The van der Waals surface area contributed by atoms with Gasteiger partial charge in [-0.25, -0.2) is 0 Å². The predicted octanol–water partition coefficient (Wildman–Crippen LogP) is 2.70. The minimum Gasteiger partial charge on any atom is -0.507 e. The first-order valence-corrected chi connectivity index (χ1v) is 7.07. The number of carbonyl (C=O) groups is 1. The Bertz CT molecular complexity index is 493. The second-order valence-electron chi connectivity index (χ2n) is 6.22. The van der Waals surface area contributed by atoms with Crippen molar-refractivity contribution in [3.05, 3.63) is 28.8 Å². The van der Waals surface area contributed by atoms with Crippen molar-refractivity contribution in [2.75, 3.05) is 13.1 Å².